The Labute approximate surface area is 147 Å². The molecule has 2 aromatic heterocycles. The topological polar surface area (TPSA) is 55.6 Å². The van der Waals surface area contributed by atoms with E-state index < -0.39 is 23.5 Å². The predicted molar refractivity (Wildman–Crippen MR) is 89.2 cm³/mol. The lowest BCUT2D eigenvalue weighted by atomic mass is 10.1. The maximum absolute atomic E-state index is 13.4. The van der Waals surface area contributed by atoms with Crippen LogP contribution in [0, 0.1) is 0 Å². The van der Waals surface area contributed by atoms with Crippen LogP contribution < -0.4 is 10.1 Å². The van der Waals surface area contributed by atoms with Crippen molar-refractivity contribution in [1.29, 1.82) is 0 Å². The molecule has 3 aromatic rings. The van der Waals surface area contributed by atoms with Crippen molar-refractivity contribution in [3.8, 4) is 5.75 Å². The van der Waals surface area contributed by atoms with Crippen LogP contribution in [0.1, 0.15) is 21.7 Å². The number of ether oxygens (including phenoxy) is 1. The Morgan fingerprint density at radius 2 is 1.92 bits per heavy atom. The first-order chi connectivity index (χ1) is 12.4. The normalized spacial score (nSPS) is 11.5. The number of imidazole rings is 1. The highest BCUT2D eigenvalue weighted by molar-refractivity contribution is 5.95. The molecule has 26 heavy (non-hydrogen) atoms. The molecule has 3 rings (SSSR count). The fourth-order valence-corrected chi connectivity index (χ4v) is 2.67. The molecule has 1 aromatic carbocycles. The molecule has 0 unspecified atom stereocenters. The van der Waals surface area contributed by atoms with Crippen LogP contribution >= 0.6 is 0 Å². The lowest BCUT2D eigenvalue weighted by molar-refractivity contribution is -0.141. The number of carbonyl (C=O) groups is 1. The first kappa shape index (κ1) is 17.8. The molecule has 0 aliphatic heterocycles. The van der Waals surface area contributed by atoms with Crippen molar-refractivity contribution in [3.05, 3.63) is 65.6 Å². The third-order valence-electron chi connectivity index (χ3n) is 3.86. The molecule has 5 nitrogen and oxygen atoms in total. The molecule has 0 radical (unpaired) electrons. The van der Waals surface area contributed by atoms with Gasteiger partial charge < -0.3 is 10.1 Å². The highest BCUT2D eigenvalue weighted by Gasteiger charge is 2.40. The van der Waals surface area contributed by atoms with Crippen LogP contribution in [-0.2, 0) is 12.6 Å². The number of amides is 1. The van der Waals surface area contributed by atoms with E-state index in [0.717, 1.165) is 9.96 Å². The van der Waals surface area contributed by atoms with Crippen molar-refractivity contribution in [2.24, 2.45) is 0 Å². The van der Waals surface area contributed by atoms with Gasteiger partial charge in [-0.05, 0) is 24.1 Å². The Kier molecular flexibility index (Phi) is 4.83. The summed E-state index contributed by atoms with van der Waals surface area (Å²) in [5.41, 5.74) is -0.877. The summed E-state index contributed by atoms with van der Waals surface area (Å²) in [6, 6.07) is 12.3. The van der Waals surface area contributed by atoms with E-state index in [-0.39, 0.29) is 17.9 Å². The van der Waals surface area contributed by atoms with E-state index in [1.807, 2.05) is 30.3 Å². The second kappa shape index (κ2) is 7.07. The van der Waals surface area contributed by atoms with Crippen LogP contribution in [0.3, 0.4) is 0 Å². The summed E-state index contributed by atoms with van der Waals surface area (Å²) < 4.78 is 46.3. The van der Waals surface area contributed by atoms with E-state index in [9.17, 15) is 18.0 Å². The Bertz CT molecular complexity index is 921. The van der Waals surface area contributed by atoms with Gasteiger partial charge in [0.2, 0.25) is 0 Å². The number of hydrogen-bond acceptors (Lipinski definition) is 3. The number of nitrogens with one attached hydrogen (secondary N) is 1. The lowest BCUT2D eigenvalue weighted by Crippen LogP contribution is -2.29. The van der Waals surface area contributed by atoms with Crippen molar-refractivity contribution in [3.63, 3.8) is 0 Å². The molecular formula is C18H16F3N3O2. The summed E-state index contributed by atoms with van der Waals surface area (Å²) in [4.78, 5) is 16.1. The largest absolute Gasteiger partial charge is 0.493 e. The minimum atomic E-state index is -4.76. The SMILES string of the molecule is COc1cccn2c(C(=O)NCCc3ccccc3)c(C(F)(F)F)nc12. The summed E-state index contributed by atoms with van der Waals surface area (Å²) in [7, 11) is 1.33. The van der Waals surface area contributed by atoms with Gasteiger partial charge in [0.05, 0.1) is 7.11 Å². The van der Waals surface area contributed by atoms with E-state index in [0.29, 0.717) is 6.42 Å². The first-order valence-corrected chi connectivity index (χ1v) is 7.86. The zero-order chi connectivity index (χ0) is 18.7. The van der Waals surface area contributed by atoms with E-state index in [1.54, 1.807) is 0 Å². The maximum atomic E-state index is 13.4. The van der Waals surface area contributed by atoms with Crippen LogP contribution in [0.2, 0.25) is 0 Å². The maximum Gasteiger partial charge on any atom is 0.435 e. The van der Waals surface area contributed by atoms with Gasteiger partial charge in [0, 0.05) is 12.7 Å². The highest BCUT2D eigenvalue weighted by atomic mass is 19.4. The average Bonchev–Trinajstić information content (AvgIpc) is 3.02. The van der Waals surface area contributed by atoms with Gasteiger partial charge in [-0.25, -0.2) is 4.98 Å². The lowest BCUT2D eigenvalue weighted by Gasteiger charge is -2.09. The van der Waals surface area contributed by atoms with Crippen LogP contribution in [0.15, 0.2) is 48.7 Å². The Hall–Kier alpha value is -3.03. The standard InChI is InChI=1S/C18H16F3N3O2/c1-26-13-8-5-11-24-14(15(18(19,20)21)23-16(13)24)17(25)22-10-9-12-6-3-2-4-7-12/h2-8,11H,9-10H2,1H3,(H,22,25). The van der Waals surface area contributed by atoms with Gasteiger partial charge in [0.25, 0.3) is 5.91 Å². The number of pyridine rings is 1. The van der Waals surface area contributed by atoms with Gasteiger partial charge in [-0.1, -0.05) is 30.3 Å². The van der Waals surface area contributed by atoms with Crippen molar-refractivity contribution in [1.82, 2.24) is 14.7 Å². The molecule has 136 valence electrons. The molecule has 0 saturated carbocycles. The molecule has 8 heteroatoms. The Morgan fingerprint density at radius 1 is 1.19 bits per heavy atom. The molecule has 1 N–H and O–H groups in total. The summed E-state index contributed by atoms with van der Waals surface area (Å²) in [6.07, 6.45) is -2.90. The molecule has 0 fully saturated rings. The third-order valence-corrected chi connectivity index (χ3v) is 3.86. The molecular weight excluding hydrogens is 347 g/mol. The minimum absolute atomic E-state index is 0.0597. The fraction of sp³-hybridized carbons (Fsp3) is 0.222. The van der Waals surface area contributed by atoms with E-state index >= 15 is 0 Å². The van der Waals surface area contributed by atoms with Crippen LogP contribution in [0.4, 0.5) is 13.2 Å². The number of methoxy groups -OCH3 is 1. The van der Waals surface area contributed by atoms with Crippen molar-refractivity contribution in [2.75, 3.05) is 13.7 Å². The number of rotatable bonds is 5. The number of fused-ring (bicyclic) bond motifs is 1. The number of benzene rings is 1. The van der Waals surface area contributed by atoms with E-state index in [1.165, 1.54) is 25.4 Å². The molecule has 0 spiro atoms. The monoisotopic (exact) mass is 363 g/mol. The molecule has 0 saturated heterocycles. The number of carbonyl (C=O) groups excluding carboxylic acids is 1. The zero-order valence-electron chi connectivity index (χ0n) is 13.9. The predicted octanol–water partition coefficient (Wildman–Crippen LogP) is 3.33. The summed E-state index contributed by atoms with van der Waals surface area (Å²) in [5.74, 6) is -0.685. The average molecular weight is 363 g/mol. The number of halogens is 3. The minimum Gasteiger partial charge on any atom is -0.493 e. The van der Waals surface area contributed by atoms with Gasteiger partial charge in [0.15, 0.2) is 17.1 Å². The number of aromatic nitrogens is 2. The molecule has 0 atom stereocenters. The van der Waals surface area contributed by atoms with Gasteiger partial charge >= 0.3 is 6.18 Å². The Balaban J connectivity index is 1.91. The van der Waals surface area contributed by atoms with Gasteiger partial charge in [0.1, 0.15) is 5.69 Å². The first-order valence-electron chi connectivity index (χ1n) is 7.86. The molecule has 0 bridgehead atoms. The second-order valence-corrected chi connectivity index (χ2v) is 5.57. The van der Waals surface area contributed by atoms with Gasteiger partial charge in [-0.2, -0.15) is 13.2 Å². The molecule has 0 aliphatic carbocycles. The van der Waals surface area contributed by atoms with E-state index in [4.69, 9.17) is 4.74 Å². The van der Waals surface area contributed by atoms with Crippen molar-refractivity contribution >= 4 is 11.6 Å². The summed E-state index contributed by atoms with van der Waals surface area (Å²) in [5, 5.41) is 2.54. The Morgan fingerprint density at radius 3 is 2.58 bits per heavy atom. The smallest absolute Gasteiger partial charge is 0.435 e. The van der Waals surface area contributed by atoms with Crippen LogP contribution in [0.25, 0.3) is 5.65 Å². The van der Waals surface area contributed by atoms with E-state index in [2.05, 4.69) is 10.3 Å². The molecule has 1 amide bonds. The van der Waals surface area contributed by atoms with Crippen molar-refractivity contribution in [2.45, 2.75) is 12.6 Å². The third kappa shape index (κ3) is 3.49. The number of alkyl halides is 3. The zero-order valence-corrected chi connectivity index (χ0v) is 13.9. The molecule has 2 heterocycles. The quantitative estimate of drug-likeness (QED) is 0.757. The summed E-state index contributed by atoms with van der Waals surface area (Å²) in [6.45, 7) is 0.206. The second-order valence-electron chi connectivity index (χ2n) is 5.57. The molecule has 0 aliphatic rings. The highest BCUT2D eigenvalue weighted by Crippen LogP contribution is 2.33. The number of hydrogen-bond donors (Lipinski definition) is 1. The summed E-state index contributed by atoms with van der Waals surface area (Å²) >= 11 is 0. The van der Waals surface area contributed by atoms with Crippen molar-refractivity contribution < 1.29 is 22.7 Å². The van der Waals surface area contributed by atoms with Crippen LogP contribution in [-0.4, -0.2) is 28.9 Å². The fourth-order valence-electron chi connectivity index (χ4n) is 2.67. The van der Waals surface area contributed by atoms with Gasteiger partial charge in [-0.15, -0.1) is 0 Å². The number of nitrogens with zero attached hydrogens (tertiary/aromatic N) is 2. The van der Waals surface area contributed by atoms with Crippen LogP contribution in [0.5, 0.6) is 5.75 Å². The van der Waals surface area contributed by atoms with Gasteiger partial charge in [-0.3, -0.25) is 9.20 Å².